The van der Waals surface area contributed by atoms with Crippen molar-refractivity contribution in [3.8, 4) is 6.07 Å². The van der Waals surface area contributed by atoms with Crippen LogP contribution in [0.3, 0.4) is 0 Å². The van der Waals surface area contributed by atoms with E-state index in [9.17, 15) is 5.26 Å². The van der Waals surface area contributed by atoms with Crippen molar-refractivity contribution in [2.45, 2.75) is 32.1 Å². The van der Waals surface area contributed by atoms with Gasteiger partial charge < -0.3 is 0 Å². The summed E-state index contributed by atoms with van der Waals surface area (Å²) in [5.74, 6) is -0.185. The summed E-state index contributed by atoms with van der Waals surface area (Å²) in [4.78, 5) is 0. The molecule has 1 nitrogen and oxygen atoms in total. The van der Waals surface area contributed by atoms with Crippen molar-refractivity contribution < 1.29 is 0 Å². The molecule has 2 rings (SSSR count). The number of hydrogen-bond donors (Lipinski definition) is 0. The first-order valence-corrected chi connectivity index (χ1v) is 6.57. The van der Waals surface area contributed by atoms with Gasteiger partial charge in [-0.25, -0.2) is 0 Å². The molecular formula is C18H19N. The first-order valence-electron chi connectivity index (χ1n) is 6.57. The Labute approximate surface area is 115 Å². The zero-order valence-corrected chi connectivity index (χ0v) is 11.7. The Morgan fingerprint density at radius 1 is 0.842 bits per heavy atom. The zero-order valence-electron chi connectivity index (χ0n) is 11.7. The van der Waals surface area contributed by atoms with Crippen molar-refractivity contribution in [1.82, 2.24) is 0 Å². The van der Waals surface area contributed by atoms with Crippen LogP contribution in [0.15, 0.2) is 54.6 Å². The third-order valence-corrected chi connectivity index (χ3v) is 3.37. The lowest BCUT2D eigenvalue weighted by atomic mass is 9.85. The lowest BCUT2D eigenvalue weighted by Crippen LogP contribution is -2.11. The highest BCUT2D eigenvalue weighted by atomic mass is 14.3. The quantitative estimate of drug-likeness (QED) is 0.760. The van der Waals surface area contributed by atoms with Gasteiger partial charge in [0, 0.05) is 0 Å². The number of nitrogens with zero attached hydrogens (tertiary/aromatic N) is 1. The maximum Gasteiger partial charge on any atom is 0.0962 e. The Morgan fingerprint density at radius 3 is 1.84 bits per heavy atom. The molecule has 0 aliphatic carbocycles. The van der Waals surface area contributed by atoms with E-state index < -0.39 is 0 Å². The Balaban J connectivity index is 2.34. The van der Waals surface area contributed by atoms with E-state index in [1.165, 1.54) is 5.56 Å². The van der Waals surface area contributed by atoms with E-state index in [4.69, 9.17) is 0 Å². The van der Waals surface area contributed by atoms with E-state index in [0.717, 1.165) is 11.1 Å². The maximum absolute atomic E-state index is 9.41. The highest BCUT2D eigenvalue weighted by molar-refractivity contribution is 5.39. The number of rotatable bonds is 2. The Morgan fingerprint density at radius 2 is 1.37 bits per heavy atom. The Kier molecular flexibility index (Phi) is 3.71. The largest absolute Gasteiger partial charge is 0.197 e. The summed E-state index contributed by atoms with van der Waals surface area (Å²) in [5.41, 5.74) is 3.55. The molecule has 0 radical (unpaired) electrons. The van der Waals surface area contributed by atoms with E-state index in [1.807, 2.05) is 30.3 Å². The Hall–Kier alpha value is -2.07. The van der Waals surface area contributed by atoms with Crippen LogP contribution in [-0.2, 0) is 5.41 Å². The third-order valence-electron chi connectivity index (χ3n) is 3.37. The molecule has 0 heterocycles. The van der Waals surface area contributed by atoms with Gasteiger partial charge in [0.2, 0.25) is 0 Å². The molecule has 0 fully saturated rings. The topological polar surface area (TPSA) is 23.8 Å². The van der Waals surface area contributed by atoms with E-state index in [1.54, 1.807) is 0 Å². The van der Waals surface area contributed by atoms with Gasteiger partial charge in [0.15, 0.2) is 0 Å². The highest BCUT2D eigenvalue weighted by Gasteiger charge is 2.16. The summed E-state index contributed by atoms with van der Waals surface area (Å²) in [6.45, 7) is 6.59. The summed E-state index contributed by atoms with van der Waals surface area (Å²) in [5, 5.41) is 9.41. The van der Waals surface area contributed by atoms with Crippen LogP contribution in [0.1, 0.15) is 43.4 Å². The molecule has 1 unspecified atom stereocenters. The van der Waals surface area contributed by atoms with Crippen LogP contribution in [0.5, 0.6) is 0 Å². The average molecular weight is 249 g/mol. The van der Waals surface area contributed by atoms with Gasteiger partial charge in [-0.15, -0.1) is 0 Å². The fourth-order valence-electron chi connectivity index (χ4n) is 2.16. The number of benzene rings is 2. The SMILES string of the molecule is CC(C)(C)c1ccc(C(C#N)c2ccccc2)cc1. The summed E-state index contributed by atoms with van der Waals surface area (Å²) in [6.07, 6.45) is 0. The normalized spacial score (nSPS) is 12.7. The zero-order chi connectivity index (χ0) is 13.9. The van der Waals surface area contributed by atoms with Crippen LogP contribution < -0.4 is 0 Å². The molecule has 0 N–H and O–H groups in total. The molecule has 2 aromatic carbocycles. The van der Waals surface area contributed by atoms with Crippen LogP contribution in [0.2, 0.25) is 0 Å². The second-order valence-corrected chi connectivity index (χ2v) is 5.84. The van der Waals surface area contributed by atoms with Gasteiger partial charge in [0.05, 0.1) is 12.0 Å². The van der Waals surface area contributed by atoms with E-state index in [-0.39, 0.29) is 11.3 Å². The van der Waals surface area contributed by atoms with Crippen LogP contribution in [-0.4, -0.2) is 0 Å². The lowest BCUT2D eigenvalue weighted by Gasteiger charge is -2.20. The fraction of sp³-hybridized carbons (Fsp3) is 0.278. The second-order valence-electron chi connectivity index (χ2n) is 5.84. The molecule has 96 valence electrons. The minimum absolute atomic E-state index is 0.146. The third kappa shape index (κ3) is 3.03. The first-order chi connectivity index (χ1) is 9.02. The summed E-state index contributed by atoms with van der Waals surface area (Å²) >= 11 is 0. The predicted octanol–water partition coefficient (Wildman–Crippen LogP) is 4.64. The summed E-state index contributed by atoms with van der Waals surface area (Å²) < 4.78 is 0. The standard InChI is InChI=1S/C18H19N/c1-18(2,3)16-11-9-15(10-12-16)17(13-19)14-7-5-4-6-8-14/h4-12,17H,1-3H3. The van der Waals surface area contributed by atoms with Gasteiger partial charge in [0.25, 0.3) is 0 Å². The molecule has 0 amide bonds. The second kappa shape index (κ2) is 5.28. The van der Waals surface area contributed by atoms with Crippen LogP contribution >= 0.6 is 0 Å². The predicted molar refractivity (Wildman–Crippen MR) is 79.0 cm³/mol. The van der Waals surface area contributed by atoms with Gasteiger partial charge in [-0.3, -0.25) is 0 Å². The average Bonchev–Trinajstić information content (AvgIpc) is 2.40. The Bertz CT molecular complexity index is 568. The van der Waals surface area contributed by atoms with Crippen molar-refractivity contribution >= 4 is 0 Å². The van der Waals surface area contributed by atoms with Gasteiger partial charge in [-0.05, 0) is 22.1 Å². The smallest absolute Gasteiger partial charge is 0.0962 e. The van der Waals surface area contributed by atoms with Crippen molar-refractivity contribution in [2.24, 2.45) is 0 Å². The lowest BCUT2D eigenvalue weighted by molar-refractivity contribution is 0.590. The summed E-state index contributed by atoms with van der Waals surface area (Å²) in [6, 6.07) is 20.7. The van der Waals surface area contributed by atoms with Crippen molar-refractivity contribution in [1.29, 1.82) is 5.26 Å². The van der Waals surface area contributed by atoms with Crippen molar-refractivity contribution in [3.05, 3.63) is 71.3 Å². The van der Waals surface area contributed by atoms with Gasteiger partial charge >= 0.3 is 0 Å². The maximum atomic E-state index is 9.41. The molecule has 0 spiro atoms. The number of hydrogen-bond acceptors (Lipinski definition) is 1. The first kappa shape index (κ1) is 13.4. The van der Waals surface area contributed by atoms with Crippen molar-refractivity contribution in [2.75, 3.05) is 0 Å². The molecule has 1 atom stereocenters. The monoisotopic (exact) mass is 249 g/mol. The molecule has 19 heavy (non-hydrogen) atoms. The van der Waals surface area contributed by atoms with Crippen LogP contribution in [0.25, 0.3) is 0 Å². The summed E-state index contributed by atoms with van der Waals surface area (Å²) in [7, 11) is 0. The molecule has 0 aromatic heterocycles. The fourth-order valence-corrected chi connectivity index (χ4v) is 2.16. The molecule has 0 bridgehead atoms. The van der Waals surface area contributed by atoms with Gasteiger partial charge in [-0.1, -0.05) is 75.4 Å². The van der Waals surface area contributed by atoms with Gasteiger partial charge in [-0.2, -0.15) is 5.26 Å². The highest BCUT2D eigenvalue weighted by Crippen LogP contribution is 2.27. The van der Waals surface area contributed by atoms with Crippen LogP contribution in [0.4, 0.5) is 0 Å². The molecule has 0 saturated heterocycles. The molecule has 0 saturated carbocycles. The minimum Gasteiger partial charge on any atom is -0.197 e. The molecule has 0 aliphatic rings. The molecule has 0 aliphatic heterocycles. The number of nitriles is 1. The molecule has 2 aromatic rings. The van der Waals surface area contributed by atoms with Gasteiger partial charge in [0.1, 0.15) is 0 Å². The van der Waals surface area contributed by atoms with E-state index in [2.05, 4.69) is 51.1 Å². The van der Waals surface area contributed by atoms with Crippen molar-refractivity contribution in [3.63, 3.8) is 0 Å². The van der Waals surface area contributed by atoms with Crippen LogP contribution in [0, 0.1) is 11.3 Å². The minimum atomic E-state index is -0.185. The molecular weight excluding hydrogens is 230 g/mol. The van der Waals surface area contributed by atoms with E-state index >= 15 is 0 Å². The van der Waals surface area contributed by atoms with E-state index in [0.29, 0.717) is 0 Å². The molecule has 1 heteroatoms.